The molecule has 0 N–H and O–H groups in total. The molecule has 126 valence electrons. The molecular weight excluding hydrogens is 314 g/mol. The Kier molecular flexibility index (Phi) is 3.98. The lowest BCUT2D eigenvalue weighted by Crippen LogP contribution is -2.01. The van der Waals surface area contributed by atoms with Gasteiger partial charge in [-0.2, -0.15) is 5.26 Å². The molecule has 0 spiro atoms. The van der Waals surface area contributed by atoms with Crippen molar-refractivity contribution in [2.24, 2.45) is 0 Å². The standard InChI is InChI=1S/C25H21N/c1-16-12-19-8-4-6-10-21(19)23(18(16)3)14-24-22-11-7-5-9-20(22)13-17(2)25(24)15-26/h4-13H,14H2,1-3H3. The Morgan fingerprint density at radius 2 is 1.27 bits per heavy atom. The Balaban J connectivity index is 2.04. The van der Waals surface area contributed by atoms with Crippen molar-refractivity contribution in [3.63, 3.8) is 0 Å². The predicted molar refractivity (Wildman–Crippen MR) is 110 cm³/mol. The lowest BCUT2D eigenvalue weighted by molar-refractivity contribution is 1.15. The number of nitriles is 1. The molecule has 0 fully saturated rings. The fourth-order valence-corrected chi connectivity index (χ4v) is 4.00. The maximum Gasteiger partial charge on any atom is 0.0997 e. The SMILES string of the molecule is Cc1cc2ccccc2c(Cc2c(C#N)c(C)cc3ccccc23)c1C. The first-order valence-corrected chi connectivity index (χ1v) is 8.99. The lowest BCUT2D eigenvalue weighted by atomic mass is 9.86. The second-order valence-corrected chi connectivity index (χ2v) is 7.07. The van der Waals surface area contributed by atoms with Gasteiger partial charge in [0.05, 0.1) is 11.6 Å². The van der Waals surface area contributed by atoms with Gasteiger partial charge in [-0.25, -0.2) is 0 Å². The highest BCUT2D eigenvalue weighted by Crippen LogP contribution is 2.32. The average Bonchev–Trinajstić information content (AvgIpc) is 2.65. The summed E-state index contributed by atoms with van der Waals surface area (Å²) < 4.78 is 0. The van der Waals surface area contributed by atoms with E-state index >= 15 is 0 Å². The zero-order valence-electron chi connectivity index (χ0n) is 15.4. The molecule has 4 aromatic rings. The molecule has 0 bridgehead atoms. The van der Waals surface area contributed by atoms with Gasteiger partial charge in [-0.3, -0.25) is 0 Å². The minimum Gasteiger partial charge on any atom is -0.192 e. The minimum atomic E-state index is 0.777. The molecule has 26 heavy (non-hydrogen) atoms. The van der Waals surface area contributed by atoms with E-state index in [4.69, 9.17) is 0 Å². The van der Waals surface area contributed by atoms with Gasteiger partial charge >= 0.3 is 0 Å². The van der Waals surface area contributed by atoms with E-state index in [0.717, 1.165) is 23.1 Å². The summed E-state index contributed by atoms with van der Waals surface area (Å²) in [5.74, 6) is 0. The molecule has 1 nitrogen and oxygen atoms in total. The summed E-state index contributed by atoms with van der Waals surface area (Å²) in [4.78, 5) is 0. The number of rotatable bonds is 2. The summed E-state index contributed by atoms with van der Waals surface area (Å²) in [5.41, 5.74) is 6.95. The van der Waals surface area contributed by atoms with Crippen LogP contribution in [0, 0.1) is 32.1 Å². The van der Waals surface area contributed by atoms with Gasteiger partial charge < -0.3 is 0 Å². The Hall–Kier alpha value is -3.11. The molecule has 0 saturated heterocycles. The van der Waals surface area contributed by atoms with Crippen LogP contribution in [0.1, 0.15) is 33.4 Å². The van der Waals surface area contributed by atoms with Crippen molar-refractivity contribution in [3.05, 3.63) is 94.0 Å². The number of fused-ring (bicyclic) bond motifs is 2. The number of nitrogens with zero attached hydrogens (tertiary/aromatic N) is 1. The molecular formula is C25H21N. The van der Waals surface area contributed by atoms with Gasteiger partial charge in [0.25, 0.3) is 0 Å². The van der Waals surface area contributed by atoms with Gasteiger partial charge in [0.1, 0.15) is 0 Å². The Bertz CT molecular complexity index is 1190. The second-order valence-electron chi connectivity index (χ2n) is 7.07. The fourth-order valence-electron chi connectivity index (χ4n) is 4.00. The average molecular weight is 335 g/mol. The molecule has 0 saturated carbocycles. The van der Waals surface area contributed by atoms with E-state index in [2.05, 4.69) is 80.6 Å². The van der Waals surface area contributed by atoms with Crippen molar-refractivity contribution in [2.75, 3.05) is 0 Å². The van der Waals surface area contributed by atoms with Crippen LogP contribution < -0.4 is 0 Å². The Labute approximate surface area is 154 Å². The summed E-state index contributed by atoms with van der Waals surface area (Å²) in [5, 5.41) is 14.8. The molecule has 1 heteroatoms. The van der Waals surface area contributed by atoms with Gasteiger partial charge in [0, 0.05) is 6.42 Å². The van der Waals surface area contributed by atoms with Gasteiger partial charge in [-0.05, 0) is 70.1 Å². The van der Waals surface area contributed by atoms with Crippen LogP contribution in [0.15, 0.2) is 60.7 Å². The first kappa shape index (κ1) is 16.4. The first-order valence-electron chi connectivity index (χ1n) is 8.99. The van der Waals surface area contributed by atoms with Crippen LogP contribution in [-0.4, -0.2) is 0 Å². The van der Waals surface area contributed by atoms with E-state index in [1.807, 2.05) is 6.92 Å². The minimum absolute atomic E-state index is 0.777. The van der Waals surface area contributed by atoms with Crippen LogP contribution in [0.5, 0.6) is 0 Å². The number of hydrogen-bond donors (Lipinski definition) is 0. The topological polar surface area (TPSA) is 23.8 Å². The molecule has 0 atom stereocenters. The monoisotopic (exact) mass is 335 g/mol. The predicted octanol–water partition coefficient (Wildman–Crippen LogP) is 6.38. The van der Waals surface area contributed by atoms with E-state index < -0.39 is 0 Å². The summed E-state index contributed by atoms with van der Waals surface area (Å²) in [6.45, 7) is 6.40. The molecule has 0 amide bonds. The maximum absolute atomic E-state index is 9.82. The van der Waals surface area contributed by atoms with Gasteiger partial charge in [-0.1, -0.05) is 60.7 Å². The van der Waals surface area contributed by atoms with Crippen LogP contribution in [0.4, 0.5) is 0 Å². The van der Waals surface area contributed by atoms with E-state index in [9.17, 15) is 5.26 Å². The van der Waals surface area contributed by atoms with Crippen molar-refractivity contribution in [2.45, 2.75) is 27.2 Å². The van der Waals surface area contributed by atoms with Crippen LogP contribution in [0.25, 0.3) is 21.5 Å². The van der Waals surface area contributed by atoms with E-state index in [1.165, 1.54) is 38.2 Å². The molecule has 0 radical (unpaired) electrons. The smallest absolute Gasteiger partial charge is 0.0997 e. The van der Waals surface area contributed by atoms with Crippen molar-refractivity contribution < 1.29 is 0 Å². The van der Waals surface area contributed by atoms with Crippen LogP contribution in [0.3, 0.4) is 0 Å². The molecule has 0 aromatic heterocycles. The molecule has 0 aliphatic carbocycles. The molecule has 0 heterocycles. The van der Waals surface area contributed by atoms with Crippen LogP contribution in [-0.2, 0) is 6.42 Å². The Morgan fingerprint density at radius 3 is 1.88 bits per heavy atom. The van der Waals surface area contributed by atoms with Crippen molar-refractivity contribution in [1.82, 2.24) is 0 Å². The summed E-state index contributed by atoms with van der Waals surface area (Å²) in [7, 11) is 0. The largest absolute Gasteiger partial charge is 0.192 e. The molecule has 0 unspecified atom stereocenters. The number of benzene rings is 4. The first-order chi connectivity index (χ1) is 12.6. The van der Waals surface area contributed by atoms with Crippen molar-refractivity contribution in [3.8, 4) is 6.07 Å². The van der Waals surface area contributed by atoms with E-state index in [-0.39, 0.29) is 0 Å². The summed E-state index contributed by atoms with van der Waals surface area (Å²) in [6.07, 6.45) is 0.777. The Morgan fingerprint density at radius 1 is 0.731 bits per heavy atom. The summed E-state index contributed by atoms with van der Waals surface area (Å²) in [6, 6.07) is 23.8. The maximum atomic E-state index is 9.82. The van der Waals surface area contributed by atoms with E-state index in [0.29, 0.717) is 0 Å². The molecule has 0 aliphatic rings. The zero-order chi connectivity index (χ0) is 18.3. The quantitative estimate of drug-likeness (QED) is 0.417. The lowest BCUT2D eigenvalue weighted by Gasteiger charge is -2.17. The summed E-state index contributed by atoms with van der Waals surface area (Å²) >= 11 is 0. The highest BCUT2D eigenvalue weighted by molar-refractivity contribution is 5.92. The number of aryl methyl sites for hydroxylation is 2. The molecule has 0 aliphatic heterocycles. The third-order valence-electron chi connectivity index (χ3n) is 5.52. The van der Waals surface area contributed by atoms with Gasteiger partial charge in [0.15, 0.2) is 0 Å². The number of hydrogen-bond acceptors (Lipinski definition) is 1. The van der Waals surface area contributed by atoms with E-state index in [1.54, 1.807) is 0 Å². The normalized spacial score (nSPS) is 11.0. The molecule has 4 rings (SSSR count). The third-order valence-corrected chi connectivity index (χ3v) is 5.52. The zero-order valence-corrected chi connectivity index (χ0v) is 15.4. The van der Waals surface area contributed by atoms with Crippen molar-refractivity contribution >= 4 is 21.5 Å². The van der Waals surface area contributed by atoms with Crippen LogP contribution in [0.2, 0.25) is 0 Å². The second kappa shape index (κ2) is 6.32. The highest BCUT2D eigenvalue weighted by atomic mass is 14.3. The third kappa shape index (κ3) is 2.55. The van der Waals surface area contributed by atoms with Crippen molar-refractivity contribution in [1.29, 1.82) is 5.26 Å². The highest BCUT2D eigenvalue weighted by Gasteiger charge is 2.15. The van der Waals surface area contributed by atoms with Crippen LogP contribution >= 0.6 is 0 Å². The van der Waals surface area contributed by atoms with Gasteiger partial charge in [-0.15, -0.1) is 0 Å². The molecule has 4 aromatic carbocycles. The van der Waals surface area contributed by atoms with Gasteiger partial charge in [0.2, 0.25) is 0 Å². The fraction of sp³-hybridized carbons (Fsp3) is 0.160.